The number of anilines is 3. The van der Waals surface area contributed by atoms with Gasteiger partial charge in [-0.15, -0.1) is 0 Å². The molecular formula is C23H22ClN3O7S2. The molecule has 36 heavy (non-hydrogen) atoms. The van der Waals surface area contributed by atoms with Crippen molar-refractivity contribution in [1.29, 1.82) is 0 Å². The highest BCUT2D eigenvalue weighted by atomic mass is 35.5. The van der Waals surface area contributed by atoms with Gasteiger partial charge in [0.05, 0.1) is 22.5 Å². The van der Waals surface area contributed by atoms with Crippen LogP contribution in [-0.4, -0.2) is 42.3 Å². The second-order valence-corrected chi connectivity index (χ2v) is 11.9. The molecule has 0 fully saturated rings. The number of carbonyl (C=O) groups excluding carboxylic acids is 1. The van der Waals surface area contributed by atoms with Gasteiger partial charge in [0.15, 0.2) is 11.5 Å². The Morgan fingerprint density at radius 1 is 1.00 bits per heavy atom. The second-order valence-electron chi connectivity index (χ2n) is 7.90. The van der Waals surface area contributed by atoms with Crippen molar-refractivity contribution in [3.8, 4) is 11.5 Å². The molecular weight excluding hydrogens is 530 g/mol. The average Bonchev–Trinajstić information content (AvgIpc) is 3.28. The van der Waals surface area contributed by atoms with E-state index in [2.05, 4.69) is 10.0 Å². The summed E-state index contributed by atoms with van der Waals surface area (Å²) in [5, 5.41) is 3.01. The lowest BCUT2D eigenvalue weighted by Crippen LogP contribution is -2.37. The van der Waals surface area contributed by atoms with Crippen LogP contribution in [0.5, 0.6) is 11.5 Å². The normalized spacial score (nSPS) is 12.8. The molecule has 0 saturated carbocycles. The molecule has 0 aromatic heterocycles. The van der Waals surface area contributed by atoms with E-state index >= 15 is 0 Å². The maximum Gasteiger partial charge on any atom is 0.261 e. The van der Waals surface area contributed by atoms with Crippen molar-refractivity contribution in [3.63, 3.8) is 0 Å². The van der Waals surface area contributed by atoms with Crippen LogP contribution in [0.2, 0.25) is 5.02 Å². The summed E-state index contributed by atoms with van der Waals surface area (Å²) >= 11 is 6.06. The Bertz CT molecular complexity index is 1530. The molecule has 3 aromatic carbocycles. The van der Waals surface area contributed by atoms with E-state index in [9.17, 15) is 21.6 Å². The third kappa shape index (κ3) is 5.66. The summed E-state index contributed by atoms with van der Waals surface area (Å²) in [5.41, 5.74) is 1.46. The molecule has 13 heteroatoms. The summed E-state index contributed by atoms with van der Waals surface area (Å²) in [4.78, 5) is 12.6. The minimum absolute atomic E-state index is 0.0259. The molecule has 1 aliphatic rings. The third-order valence-electron chi connectivity index (χ3n) is 5.29. The number of hydrogen-bond donors (Lipinski definition) is 2. The molecule has 0 atom stereocenters. The van der Waals surface area contributed by atoms with Crippen LogP contribution in [-0.2, 0) is 24.8 Å². The molecule has 1 heterocycles. The lowest BCUT2D eigenvalue weighted by molar-refractivity contribution is -0.114. The zero-order valence-corrected chi connectivity index (χ0v) is 21.6. The Morgan fingerprint density at radius 2 is 1.69 bits per heavy atom. The van der Waals surface area contributed by atoms with Crippen LogP contribution >= 0.6 is 11.6 Å². The quantitative estimate of drug-likeness (QED) is 0.437. The van der Waals surface area contributed by atoms with E-state index in [1.54, 1.807) is 31.2 Å². The molecule has 10 nitrogen and oxygen atoms in total. The van der Waals surface area contributed by atoms with Gasteiger partial charge >= 0.3 is 0 Å². The largest absolute Gasteiger partial charge is 0.454 e. The van der Waals surface area contributed by atoms with Crippen LogP contribution in [0.25, 0.3) is 0 Å². The predicted molar refractivity (Wildman–Crippen MR) is 137 cm³/mol. The van der Waals surface area contributed by atoms with Crippen molar-refractivity contribution in [1.82, 2.24) is 0 Å². The summed E-state index contributed by atoms with van der Waals surface area (Å²) < 4.78 is 64.2. The number of benzene rings is 3. The molecule has 3 aromatic rings. The van der Waals surface area contributed by atoms with Gasteiger partial charge in [0.25, 0.3) is 10.0 Å². The van der Waals surface area contributed by atoms with Gasteiger partial charge in [-0.2, -0.15) is 0 Å². The maximum absolute atomic E-state index is 12.8. The Kier molecular flexibility index (Phi) is 7.03. The van der Waals surface area contributed by atoms with Gasteiger partial charge in [0.1, 0.15) is 6.54 Å². The van der Waals surface area contributed by atoms with Gasteiger partial charge in [-0.1, -0.05) is 17.7 Å². The lowest BCUT2D eigenvalue weighted by Gasteiger charge is -2.22. The molecule has 2 N–H and O–H groups in total. The predicted octanol–water partition coefficient (Wildman–Crippen LogP) is 3.58. The van der Waals surface area contributed by atoms with Crippen molar-refractivity contribution in [2.75, 3.05) is 33.9 Å². The van der Waals surface area contributed by atoms with Gasteiger partial charge < -0.3 is 14.8 Å². The van der Waals surface area contributed by atoms with Crippen molar-refractivity contribution in [2.24, 2.45) is 0 Å². The van der Waals surface area contributed by atoms with Crippen LogP contribution in [0.1, 0.15) is 5.56 Å². The van der Waals surface area contributed by atoms with E-state index in [4.69, 9.17) is 21.1 Å². The summed E-state index contributed by atoms with van der Waals surface area (Å²) in [6.07, 6.45) is 0.985. The van der Waals surface area contributed by atoms with Crippen LogP contribution in [0.4, 0.5) is 17.1 Å². The van der Waals surface area contributed by atoms with E-state index in [1.807, 2.05) is 0 Å². The molecule has 4 rings (SSSR count). The highest BCUT2D eigenvalue weighted by Gasteiger charge is 2.24. The number of hydrogen-bond acceptors (Lipinski definition) is 7. The molecule has 0 spiro atoms. The van der Waals surface area contributed by atoms with Crippen molar-refractivity contribution in [2.45, 2.75) is 11.8 Å². The highest BCUT2D eigenvalue weighted by molar-refractivity contribution is 7.92. The number of amides is 1. The van der Waals surface area contributed by atoms with E-state index in [-0.39, 0.29) is 23.1 Å². The van der Waals surface area contributed by atoms with Gasteiger partial charge in [-0.05, 0) is 61.0 Å². The number of fused-ring (bicyclic) bond motifs is 1. The highest BCUT2D eigenvalue weighted by Crippen LogP contribution is 2.36. The first-order valence-corrected chi connectivity index (χ1v) is 14.2. The van der Waals surface area contributed by atoms with Crippen molar-refractivity contribution in [3.05, 3.63) is 71.2 Å². The summed E-state index contributed by atoms with van der Waals surface area (Å²) in [6, 6.07) is 14.9. The van der Waals surface area contributed by atoms with Gasteiger partial charge in [-0.3, -0.25) is 13.8 Å². The minimum atomic E-state index is -3.91. The first kappa shape index (κ1) is 25.6. The number of carbonyl (C=O) groups is 1. The SMILES string of the molecule is Cc1c(Cl)cccc1NS(=O)(=O)c1ccc(NC(=O)CN(c2ccc3c(c2)OCO3)S(C)(=O)=O)cc1. The van der Waals surface area contributed by atoms with E-state index in [1.165, 1.54) is 36.4 Å². The standard InChI is InChI=1S/C23H22ClN3O7S2/c1-15-19(24)4-3-5-20(15)26-36(31,32)18-9-6-16(7-10-18)25-23(28)13-27(35(2,29)30)17-8-11-21-22(12-17)34-14-33-21/h3-12,26H,13-14H2,1-2H3,(H,25,28). The van der Waals surface area contributed by atoms with Crippen LogP contribution in [0.3, 0.4) is 0 Å². The smallest absolute Gasteiger partial charge is 0.261 e. The second kappa shape index (κ2) is 9.88. The Balaban J connectivity index is 1.46. The number of halogens is 1. The van der Waals surface area contributed by atoms with Crippen molar-refractivity contribution >= 4 is 54.6 Å². The number of nitrogens with zero attached hydrogens (tertiary/aromatic N) is 1. The molecule has 0 unspecified atom stereocenters. The molecule has 1 aliphatic heterocycles. The van der Waals surface area contributed by atoms with E-state index in [0.717, 1.165) is 10.6 Å². The number of rotatable bonds is 8. The van der Waals surface area contributed by atoms with E-state index in [0.29, 0.717) is 27.8 Å². The first-order valence-electron chi connectivity index (χ1n) is 10.5. The Hall–Kier alpha value is -3.48. The molecule has 1 amide bonds. The Labute approximate surface area is 213 Å². The summed E-state index contributed by atoms with van der Waals surface area (Å²) in [7, 11) is -7.71. The summed E-state index contributed by atoms with van der Waals surface area (Å²) in [6.45, 7) is 1.22. The van der Waals surface area contributed by atoms with Gasteiger partial charge in [0.2, 0.25) is 22.7 Å². The van der Waals surface area contributed by atoms with Gasteiger partial charge in [-0.25, -0.2) is 16.8 Å². The van der Waals surface area contributed by atoms with Crippen LogP contribution in [0, 0.1) is 6.92 Å². The minimum Gasteiger partial charge on any atom is -0.454 e. The number of ether oxygens (including phenoxy) is 2. The van der Waals surface area contributed by atoms with Crippen LogP contribution < -0.4 is 23.8 Å². The monoisotopic (exact) mass is 551 g/mol. The Morgan fingerprint density at radius 3 is 2.39 bits per heavy atom. The molecule has 0 bridgehead atoms. The lowest BCUT2D eigenvalue weighted by atomic mass is 10.2. The zero-order valence-electron chi connectivity index (χ0n) is 19.2. The topological polar surface area (TPSA) is 131 Å². The van der Waals surface area contributed by atoms with Gasteiger partial charge in [0, 0.05) is 16.8 Å². The molecule has 0 radical (unpaired) electrons. The average molecular weight is 552 g/mol. The molecule has 0 saturated heterocycles. The maximum atomic E-state index is 12.8. The fraction of sp³-hybridized carbons (Fsp3) is 0.174. The number of nitrogens with one attached hydrogen (secondary N) is 2. The molecule has 190 valence electrons. The fourth-order valence-electron chi connectivity index (χ4n) is 3.41. The fourth-order valence-corrected chi connectivity index (χ4v) is 5.56. The zero-order chi connectivity index (χ0) is 26.1. The third-order valence-corrected chi connectivity index (χ3v) is 8.22. The first-order chi connectivity index (χ1) is 16.9. The van der Waals surface area contributed by atoms with Crippen LogP contribution in [0.15, 0.2) is 65.6 Å². The summed E-state index contributed by atoms with van der Waals surface area (Å²) in [5.74, 6) is 0.230. The van der Waals surface area contributed by atoms with Crippen molar-refractivity contribution < 1.29 is 31.1 Å². The molecule has 0 aliphatic carbocycles. The number of sulfonamides is 2. The van der Waals surface area contributed by atoms with E-state index < -0.39 is 32.5 Å².